The van der Waals surface area contributed by atoms with Crippen LogP contribution >= 0.6 is 15.9 Å². The third-order valence-electron chi connectivity index (χ3n) is 4.79. The number of rotatable bonds is 6. The highest BCUT2D eigenvalue weighted by Crippen LogP contribution is 2.14. The van der Waals surface area contributed by atoms with Gasteiger partial charge in [-0.25, -0.2) is 0 Å². The summed E-state index contributed by atoms with van der Waals surface area (Å²) in [4.78, 5) is 14.1. The highest BCUT2D eigenvalue weighted by atomic mass is 79.9. The van der Waals surface area contributed by atoms with Gasteiger partial charge in [0.1, 0.15) is 25.7 Å². The number of quaternary nitrogens is 1. The van der Waals surface area contributed by atoms with Crippen LogP contribution in [0.3, 0.4) is 0 Å². The van der Waals surface area contributed by atoms with Gasteiger partial charge in [-0.3, -0.25) is 4.79 Å². The predicted molar refractivity (Wildman–Crippen MR) is 106 cm³/mol. The number of carbonyl (C=O) groups is 1. The van der Waals surface area contributed by atoms with E-state index in [4.69, 9.17) is 4.74 Å². The molecule has 138 valence electrons. The van der Waals surface area contributed by atoms with Crippen LogP contribution in [0, 0.1) is 6.92 Å². The molecule has 1 saturated heterocycles. The number of hydrogen-bond donors (Lipinski definition) is 2. The second-order valence-corrected chi connectivity index (χ2v) is 7.82. The lowest BCUT2D eigenvalue weighted by molar-refractivity contribution is -0.909. The first kappa shape index (κ1) is 19.1. The van der Waals surface area contributed by atoms with Gasteiger partial charge in [-0.2, -0.15) is 0 Å². The number of ether oxygens (including phenoxy) is 1. The molecule has 4 nitrogen and oxygen atoms in total. The minimum atomic E-state index is 0.0200. The molecule has 0 aliphatic carbocycles. The summed E-state index contributed by atoms with van der Waals surface area (Å²) >= 11 is 3.43. The van der Waals surface area contributed by atoms with Crippen LogP contribution in [0.15, 0.2) is 53.0 Å². The molecule has 26 heavy (non-hydrogen) atoms. The average Bonchev–Trinajstić information content (AvgIpc) is 2.65. The molecular weight excluding hydrogens is 392 g/mol. The fraction of sp³-hybridized carbons (Fsp3) is 0.381. The van der Waals surface area contributed by atoms with Gasteiger partial charge in [0.25, 0.3) is 0 Å². The van der Waals surface area contributed by atoms with Gasteiger partial charge in [0.15, 0.2) is 0 Å². The van der Waals surface area contributed by atoms with E-state index in [2.05, 4.69) is 52.4 Å². The van der Waals surface area contributed by atoms with Crippen LogP contribution in [0.25, 0.3) is 0 Å². The average molecular weight is 418 g/mol. The first-order valence-electron chi connectivity index (χ1n) is 9.12. The minimum Gasteiger partial charge on any atom is -0.370 e. The molecule has 0 unspecified atom stereocenters. The number of nitrogens with one attached hydrogen (secondary N) is 2. The number of hydrogen-bond acceptors (Lipinski definition) is 2. The van der Waals surface area contributed by atoms with Gasteiger partial charge in [-0.1, -0.05) is 57.9 Å². The second-order valence-electron chi connectivity index (χ2n) is 6.90. The first-order valence-corrected chi connectivity index (χ1v) is 9.91. The zero-order valence-electron chi connectivity index (χ0n) is 15.1. The van der Waals surface area contributed by atoms with E-state index in [1.807, 2.05) is 24.3 Å². The Morgan fingerprint density at radius 2 is 1.77 bits per heavy atom. The fourth-order valence-electron chi connectivity index (χ4n) is 3.24. The van der Waals surface area contributed by atoms with Crippen LogP contribution < -0.4 is 10.2 Å². The third kappa shape index (κ3) is 5.66. The van der Waals surface area contributed by atoms with Crippen molar-refractivity contribution >= 4 is 21.8 Å². The molecule has 0 spiro atoms. The van der Waals surface area contributed by atoms with E-state index < -0.39 is 0 Å². The van der Waals surface area contributed by atoms with Crippen LogP contribution in [0.4, 0.5) is 0 Å². The van der Waals surface area contributed by atoms with E-state index in [1.165, 1.54) is 16.0 Å². The molecule has 1 heterocycles. The van der Waals surface area contributed by atoms with Crippen LogP contribution in [0.2, 0.25) is 0 Å². The van der Waals surface area contributed by atoms with Gasteiger partial charge < -0.3 is 15.0 Å². The quantitative estimate of drug-likeness (QED) is 0.755. The topological polar surface area (TPSA) is 42.8 Å². The minimum absolute atomic E-state index is 0.0200. The summed E-state index contributed by atoms with van der Waals surface area (Å²) in [5.41, 5.74) is 3.42. The molecule has 0 aromatic heterocycles. The number of benzene rings is 2. The van der Waals surface area contributed by atoms with Crippen LogP contribution in [0.1, 0.15) is 22.7 Å². The summed E-state index contributed by atoms with van der Waals surface area (Å²) in [6.07, 6.45) is 0.397. The highest BCUT2D eigenvalue weighted by molar-refractivity contribution is 9.10. The summed E-state index contributed by atoms with van der Waals surface area (Å²) in [5.74, 6) is 0.0607. The number of halogens is 1. The molecule has 1 aliphatic rings. The molecule has 1 fully saturated rings. The van der Waals surface area contributed by atoms with Gasteiger partial charge >= 0.3 is 0 Å². The monoisotopic (exact) mass is 417 g/mol. The van der Waals surface area contributed by atoms with Crippen molar-refractivity contribution in [3.8, 4) is 0 Å². The molecule has 1 amide bonds. The molecule has 2 N–H and O–H groups in total. The molecular formula is C21H26BrN2O2+. The van der Waals surface area contributed by atoms with Gasteiger partial charge in [-0.15, -0.1) is 0 Å². The summed E-state index contributed by atoms with van der Waals surface area (Å²) < 4.78 is 6.48. The lowest BCUT2D eigenvalue weighted by Crippen LogP contribution is -3.14. The SMILES string of the molecule is Cc1ccc([C@@H](C[NH+]2CCOCC2)NC(=O)Cc2ccc(Br)cc2)cc1. The van der Waals surface area contributed by atoms with Crippen LogP contribution in [0.5, 0.6) is 0 Å². The maximum absolute atomic E-state index is 12.6. The predicted octanol–water partition coefficient (Wildman–Crippen LogP) is 2.07. The molecule has 0 bridgehead atoms. The number of aryl methyl sites for hydroxylation is 1. The van der Waals surface area contributed by atoms with Crippen molar-refractivity contribution in [2.45, 2.75) is 19.4 Å². The Balaban J connectivity index is 1.68. The van der Waals surface area contributed by atoms with Crippen molar-refractivity contribution < 1.29 is 14.4 Å². The van der Waals surface area contributed by atoms with Crippen molar-refractivity contribution in [3.05, 3.63) is 69.7 Å². The lowest BCUT2D eigenvalue weighted by atomic mass is 10.0. The maximum Gasteiger partial charge on any atom is 0.225 e. The van der Waals surface area contributed by atoms with Gasteiger partial charge in [0.05, 0.1) is 19.6 Å². The molecule has 0 radical (unpaired) electrons. The Bertz CT molecular complexity index is 710. The molecule has 0 saturated carbocycles. The van der Waals surface area contributed by atoms with E-state index in [1.54, 1.807) is 0 Å². The van der Waals surface area contributed by atoms with Crippen molar-refractivity contribution in [1.82, 2.24) is 5.32 Å². The van der Waals surface area contributed by atoms with Crippen LogP contribution in [-0.2, 0) is 16.0 Å². The molecule has 5 heteroatoms. The van der Waals surface area contributed by atoms with Gasteiger partial charge in [0, 0.05) is 4.47 Å². The maximum atomic E-state index is 12.6. The van der Waals surface area contributed by atoms with Gasteiger partial charge in [-0.05, 0) is 30.2 Å². The van der Waals surface area contributed by atoms with Crippen molar-refractivity contribution in [3.63, 3.8) is 0 Å². The third-order valence-corrected chi connectivity index (χ3v) is 5.31. The fourth-order valence-corrected chi connectivity index (χ4v) is 3.50. The highest BCUT2D eigenvalue weighted by Gasteiger charge is 2.23. The zero-order valence-corrected chi connectivity index (χ0v) is 16.7. The van der Waals surface area contributed by atoms with E-state index >= 15 is 0 Å². The van der Waals surface area contributed by atoms with E-state index in [0.29, 0.717) is 6.42 Å². The largest absolute Gasteiger partial charge is 0.370 e. The standard InChI is InChI=1S/C21H25BrN2O2/c1-16-2-6-18(7-3-16)20(15-24-10-12-26-13-11-24)23-21(25)14-17-4-8-19(22)9-5-17/h2-9,20H,10-15H2,1H3,(H,23,25)/p+1/t20-/m1/s1. The van der Waals surface area contributed by atoms with E-state index in [-0.39, 0.29) is 11.9 Å². The lowest BCUT2D eigenvalue weighted by Gasteiger charge is -2.28. The van der Waals surface area contributed by atoms with Crippen LogP contribution in [-0.4, -0.2) is 38.8 Å². The van der Waals surface area contributed by atoms with Crippen molar-refractivity contribution in [1.29, 1.82) is 0 Å². The molecule has 2 aromatic carbocycles. The Kier molecular flexibility index (Phi) is 6.83. The van der Waals surface area contributed by atoms with Crippen molar-refractivity contribution in [2.75, 3.05) is 32.8 Å². The number of carbonyl (C=O) groups excluding carboxylic acids is 1. The molecule has 2 aromatic rings. The second kappa shape index (κ2) is 9.31. The first-order chi connectivity index (χ1) is 12.6. The number of morpholine rings is 1. The summed E-state index contributed by atoms with van der Waals surface area (Å²) in [5, 5.41) is 3.25. The Morgan fingerprint density at radius 3 is 2.42 bits per heavy atom. The van der Waals surface area contributed by atoms with Crippen molar-refractivity contribution in [2.24, 2.45) is 0 Å². The van der Waals surface area contributed by atoms with E-state index in [0.717, 1.165) is 42.9 Å². The van der Waals surface area contributed by atoms with E-state index in [9.17, 15) is 4.79 Å². The zero-order chi connectivity index (χ0) is 18.4. The molecule has 1 atom stereocenters. The Morgan fingerprint density at radius 1 is 1.12 bits per heavy atom. The number of amides is 1. The summed E-state index contributed by atoms with van der Waals surface area (Å²) in [6, 6.07) is 16.4. The normalized spacial score (nSPS) is 16.2. The summed E-state index contributed by atoms with van der Waals surface area (Å²) in [7, 11) is 0. The van der Waals surface area contributed by atoms with Gasteiger partial charge in [0.2, 0.25) is 5.91 Å². The Labute approximate surface area is 163 Å². The molecule has 3 rings (SSSR count). The Hall–Kier alpha value is -1.69. The smallest absolute Gasteiger partial charge is 0.225 e. The summed E-state index contributed by atoms with van der Waals surface area (Å²) in [6.45, 7) is 6.54. The molecule has 1 aliphatic heterocycles.